The van der Waals surface area contributed by atoms with Crippen LogP contribution in [0.5, 0.6) is 5.75 Å². The van der Waals surface area contributed by atoms with Gasteiger partial charge in [-0.1, -0.05) is 36.1 Å². The van der Waals surface area contributed by atoms with Crippen LogP contribution >= 0.6 is 24.0 Å². The fourth-order valence-electron chi connectivity index (χ4n) is 2.75. The van der Waals surface area contributed by atoms with Crippen LogP contribution in [0, 0.1) is 0 Å². The average Bonchev–Trinajstić information content (AvgIpc) is 3.01. The van der Waals surface area contributed by atoms with Gasteiger partial charge in [0.25, 0.3) is 5.91 Å². The number of amides is 1. The Balaban J connectivity index is 1.78. The molecule has 0 spiro atoms. The van der Waals surface area contributed by atoms with Crippen molar-refractivity contribution < 1.29 is 17.9 Å². The predicted octanol–water partition coefficient (Wildman–Crippen LogP) is 2.47. The molecule has 0 aliphatic carbocycles. The SMILES string of the molecule is CCOc1ccc(/C=C2\SC(=S)N(C3CCS(=O)(=O)C3)C2=O)cc1. The smallest absolute Gasteiger partial charge is 0.266 e. The number of benzene rings is 1. The number of thiocarbonyl (C=S) groups is 1. The minimum Gasteiger partial charge on any atom is -0.494 e. The van der Waals surface area contributed by atoms with Crippen molar-refractivity contribution in [3.05, 3.63) is 34.7 Å². The van der Waals surface area contributed by atoms with Crippen LogP contribution in [0.2, 0.25) is 0 Å². The third-order valence-electron chi connectivity index (χ3n) is 3.89. The van der Waals surface area contributed by atoms with E-state index in [-0.39, 0.29) is 23.5 Å². The lowest BCUT2D eigenvalue weighted by molar-refractivity contribution is -0.123. The lowest BCUT2D eigenvalue weighted by Crippen LogP contribution is -2.39. The van der Waals surface area contributed by atoms with Gasteiger partial charge in [-0.2, -0.15) is 0 Å². The molecule has 128 valence electrons. The number of carbonyl (C=O) groups excluding carboxylic acids is 1. The molecule has 1 amide bonds. The van der Waals surface area contributed by atoms with Gasteiger partial charge in [-0.15, -0.1) is 0 Å². The van der Waals surface area contributed by atoms with E-state index >= 15 is 0 Å². The van der Waals surface area contributed by atoms with Gasteiger partial charge in [-0.05, 0) is 37.1 Å². The first-order chi connectivity index (χ1) is 11.4. The molecule has 2 aliphatic heterocycles. The molecule has 1 aromatic carbocycles. The lowest BCUT2D eigenvalue weighted by atomic mass is 10.2. The maximum absolute atomic E-state index is 12.6. The molecule has 0 aromatic heterocycles. The Labute approximate surface area is 151 Å². The third-order valence-corrected chi connectivity index (χ3v) is 6.97. The molecule has 2 aliphatic rings. The molecule has 24 heavy (non-hydrogen) atoms. The summed E-state index contributed by atoms with van der Waals surface area (Å²) < 4.78 is 29.1. The van der Waals surface area contributed by atoms with E-state index in [9.17, 15) is 13.2 Å². The Bertz CT molecular complexity index is 799. The molecular weight excluding hydrogens is 366 g/mol. The summed E-state index contributed by atoms with van der Waals surface area (Å²) in [7, 11) is -3.06. The van der Waals surface area contributed by atoms with Gasteiger partial charge in [0.2, 0.25) is 0 Å². The van der Waals surface area contributed by atoms with E-state index < -0.39 is 9.84 Å². The van der Waals surface area contributed by atoms with E-state index in [0.717, 1.165) is 11.3 Å². The topological polar surface area (TPSA) is 63.7 Å². The van der Waals surface area contributed by atoms with Gasteiger partial charge in [-0.25, -0.2) is 8.42 Å². The fourth-order valence-corrected chi connectivity index (χ4v) is 5.85. The summed E-state index contributed by atoms with van der Waals surface area (Å²) in [6.07, 6.45) is 2.23. The quantitative estimate of drug-likeness (QED) is 0.588. The molecule has 3 rings (SSSR count). The van der Waals surface area contributed by atoms with Crippen molar-refractivity contribution in [3.63, 3.8) is 0 Å². The molecule has 1 atom stereocenters. The van der Waals surface area contributed by atoms with E-state index in [1.54, 1.807) is 6.08 Å². The summed E-state index contributed by atoms with van der Waals surface area (Å²) in [6, 6.07) is 7.10. The van der Waals surface area contributed by atoms with Crippen molar-refractivity contribution in [1.82, 2.24) is 4.90 Å². The number of nitrogens with zero attached hydrogens (tertiary/aromatic N) is 1. The molecule has 0 saturated carbocycles. The van der Waals surface area contributed by atoms with Crippen molar-refractivity contribution in [2.75, 3.05) is 18.1 Å². The van der Waals surface area contributed by atoms with Crippen molar-refractivity contribution >= 4 is 50.1 Å². The summed E-state index contributed by atoms with van der Waals surface area (Å²) in [4.78, 5) is 14.6. The molecular formula is C16H17NO4S3. The van der Waals surface area contributed by atoms with Crippen LogP contribution in [0.3, 0.4) is 0 Å². The minimum atomic E-state index is -3.06. The summed E-state index contributed by atoms with van der Waals surface area (Å²) in [6.45, 7) is 2.52. The largest absolute Gasteiger partial charge is 0.494 e. The van der Waals surface area contributed by atoms with Crippen LogP contribution in [0.4, 0.5) is 0 Å². The Morgan fingerprint density at radius 3 is 2.67 bits per heavy atom. The second-order valence-electron chi connectivity index (χ2n) is 5.61. The number of ether oxygens (including phenoxy) is 1. The number of sulfone groups is 1. The zero-order valence-corrected chi connectivity index (χ0v) is 15.5. The van der Waals surface area contributed by atoms with Crippen LogP contribution in [-0.4, -0.2) is 47.7 Å². The van der Waals surface area contributed by atoms with E-state index in [4.69, 9.17) is 17.0 Å². The Kier molecular flexibility index (Phi) is 4.98. The number of rotatable bonds is 4. The van der Waals surface area contributed by atoms with Crippen molar-refractivity contribution in [2.24, 2.45) is 0 Å². The van der Waals surface area contributed by atoms with Gasteiger partial charge in [0.05, 0.1) is 29.1 Å². The normalized spacial score (nSPS) is 24.8. The first-order valence-corrected chi connectivity index (χ1v) is 10.6. The Morgan fingerprint density at radius 2 is 2.08 bits per heavy atom. The molecule has 2 fully saturated rings. The van der Waals surface area contributed by atoms with E-state index in [1.807, 2.05) is 31.2 Å². The van der Waals surface area contributed by atoms with Crippen LogP contribution in [0.1, 0.15) is 18.9 Å². The highest BCUT2D eigenvalue weighted by Gasteiger charge is 2.42. The second kappa shape index (κ2) is 6.85. The van der Waals surface area contributed by atoms with Crippen LogP contribution in [0.15, 0.2) is 29.2 Å². The Morgan fingerprint density at radius 1 is 1.38 bits per heavy atom. The zero-order chi connectivity index (χ0) is 17.3. The van der Waals surface area contributed by atoms with E-state index in [1.165, 1.54) is 16.7 Å². The first kappa shape index (κ1) is 17.4. The molecule has 2 saturated heterocycles. The summed E-state index contributed by atoms with van der Waals surface area (Å²) >= 11 is 6.51. The summed E-state index contributed by atoms with van der Waals surface area (Å²) in [5.41, 5.74) is 0.873. The highest BCUT2D eigenvalue weighted by molar-refractivity contribution is 8.26. The molecule has 5 nitrogen and oxygen atoms in total. The van der Waals surface area contributed by atoms with Crippen molar-refractivity contribution in [1.29, 1.82) is 0 Å². The summed E-state index contributed by atoms with van der Waals surface area (Å²) in [5, 5.41) is 0. The monoisotopic (exact) mass is 383 g/mol. The number of hydrogen-bond acceptors (Lipinski definition) is 6. The fraction of sp³-hybridized carbons (Fsp3) is 0.375. The third kappa shape index (κ3) is 3.65. The highest BCUT2D eigenvalue weighted by atomic mass is 32.2. The zero-order valence-electron chi connectivity index (χ0n) is 13.1. The van der Waals surface area contributed by atoms with Crippen LogP contribution < -0.4 is 4.74 Å². The molecule has 0 radical (unpaired) electrons. The number of hydrogen-bond donors (Lipinski definition) is 0. The van der Waals surface area contributed by atoms with Gasteiger partial charge < -0.3 is 4.74 Å². The minimum absolute atomic E-state index is 0.00419. The van der Waals surface area contributed by atoms with Gasteiger partial charge >= 0.3 is 0 Å². The average molecular weight is 384 g/mol. The second-order valence-corrected chi connectivity index (χ2v) is 9.52. The highest BCUT2D eigenvalue weighted by Crippen LogP contribution is 2.36. The molecule has 0 bridgehead atoms. The van der Waals surface area contributed by atoms with Crippen molar-refractivity contribution in [2.45, 2.75) is 19.4 Å². The van der Waals surface area contributed by atoms with Crippen LogP contribution in [0.25, 0.3) is 6.08 Å². The maximum Gasteiger partial charge on any atom is 0.266 e. The summed E-state index contributed by atoms with van der Waals surface area (Å²) in [5.74, 6) is 0.682. The molecule has 0 N–H and O–H groups in total. The van der Waals surface area contributed by atoms with E-state index in [0.29, 0.717) is 22.3 Å². The lowest BCUT2D eigenvalue weighted by Gasteiger charge is -2.20. The first-order valence-electron chi connectivity index (χ1n) is 7.60. The van der Waals surface area contributed by atoms with Crippen molar-refractivity contribution in [3.8, 4) is 5.75 Å². The Hall–Kier alpha value is -1.38. The molecule has 1 aromatic rings. The van der Waals surface area contributed by atoms with Gasteiger partial charge in [-0.3, -0.25) is 9.69 Å². The maximum atomic E-state index is 12.6. The predicted molar refractivity (Wildman–Crippen MR) is 99.7 cm³/mol. The molecule has 1 unspecified atom stereocenters. The van der Waals surface area contributed by atoms with E-state index in [2.05, 4.69) is 0 Å². The van der Waals surface area contributed by atoms with Gasteiger partial charge in [0, 0.05) is 0 Å². The van der Waals surface area contributed by atoms with Crippen LogP contribution in [-0.2, 0) is 14.6 Å². The molecule has 2 heterocycles. The number of carbonyl (C=O) groups is 1. The van der Waals surface area contributed by atoms with Gasteiger partial charge in [0.1, 0.15) is 10.1 Å². The molecule has 8 heteroatoms. The standard InChI is InChI=1S/C16H17NO4S3/c1-2-21-13-5-3-11(4-6-13)9-14-15(18)17(16(22)23-14)12-7-8-24(19,20)10-12/h3-6,9,12H,2,7-8,10H2,1H3/b14-9-. The number of thioether (sulfide) groups is 1. The van der Waals surface area contributed by atoms with Gasteiger partial charge in [0.15, 0.2) is 9.84 Å².